The molecule has 0 heterocycles. The lowest BCUT2D eigenvalue weighted by Gasteiger charge is -2.09. The minimum absolute atomic E-state index is 0.0803. The topological polar surface area (TPSA) is 118 Å². The zero-order chi connectivity index (χ0) is 17.9. The van der Waals surface area contributed by atoms with Gasteiger partial charge < -0.3 is 0 Å². The summed E-state index contributed by atoms with van der Waals surface area (Å²) in [6, 6.07) is 9.51. The fourth-order valence-corrected chi connectivity index (χ4v) is 2.92. The van der Waals surface area contributed by atoms with Gasteiger partial charge >= 0.3 is 0 Å². The molecule has 0 fully saturated rings. The molecule has 8 nitrogen and oxygen atoms in total. The predicted octanol–water partition coefficient (Wildman–Crippen LogP) is 2.18. The number of rotatable bonds is 5. The third-order valence-electron chi connectivity index (χ3n) is 3.11. The molecule has 2 aromatic carbocycles. The van der Waals surface area contributed by atoms with Crippen molar-refractivity contribution in [3.05, 3.63) is 68.7 Å². The van der Waals surface area contributed by atoms with E-state index in [-0.39, 0.29) is 21.2 Å². The third kappa shape index (κ3) is 3.88. The summed E-state index contributed by atoms with van der Waals surface area (Å²) in [4.78, 5) is 23.7. The van der Waals surface area contributed by atoms with Crippen LogP contribution in [0.3, 0.4) is 0 Å². The van der Waals surface area contributed by atoms with E-state index in [1.54, 1.807) is 12.1 Å². The highest BCUT2D eigenvalue weighted by Gasteiger charge is 2.21. The number of nitrogens with one attached hydrogen (secondary N) is 2. The Balaban J connectivity index is 2.20. The molecule has 126 valence electrons. The second-order valence-electron chi connectivity index (χ2n) is 4.74. The van der Waals surface area contributed by atoms with Crippen LogP contribution in [0.1, 0.15) is 15.9 Å². The smallest absolute Gasteiger partial charge is 0.273 e. The summed E-state index contributed by atoms with van der Waals surface area (Å²) in [5.74, 6) is -0.759. The third-order valence-corrected chi connectivity index (χ3v) is 4.68. The summed E-state index contributed by atoms with van der Waals surface area (Å²) < 4.78 is 24.3. The number of nitro groups is 1. The molecule has 0 aliphatic heterocycles. The van der Waals surface area contributed by atoms with Crippen molar-refractivity contribution in [1.29, 1.82) is 0 Å². The first-order valence-corrected chi connectivity index (χ1v) is 8.40. The lowest BCUT2D eigenvalue weighted by molar-refractivity contribution is -0.385. The van der Waals surface area contributed by atoms with Gasteiger partial charge in [0.25, 0.3) is 21.6 Å². The first-order chi connectivity index (χ1) is 11.2. The van der Waals surface area contributed by atoms with Crippen LogP contribution in [-0.4, -0.2) is 19.2 Å². The summed E-state index contributed by atoms with van der Waals surface area (Å²) in [5, 5.41) is 11.0. The Morgan fingerprint density at radius 3 is 2.50 bits per heavy atom. The molecule has 0 atom stereocenters. The lowest BCUT2D eigenvalue weighted by atomic mass is 10.2. The molecule has 2 aromatic rings. The Kier molecular flexibility index (Phi) is 5.17. The Morgan fingerprint density at radius 1 is 1.21 bits per heavy atom. The number of amides is 1. The minimum Gasteiger partial charge on any atom is -0.273 e. The fraction of sp³-hybridized carbons (Fsp3) is 0.0714. The molecule has 0 aliphatic carbocycles. The lowest BCUT2D eigenvalue weighted by Crippen LogP contribution is -2.41. The van der Waals surface area contributed by atoms with Crippen LogP contribution < -0.4 is 10.3 Å². The fourth-order valence-electron chi connectivity index (χ4n) is 1.84. The summed E-state index contributed by atoms with van der Waals surface area (Å²) in [6.07, 6.45) is 0. The van der Waals surface area contributed by atoms with Gasteiger partial charge in [-0.3, -0.25) is 20.3 Å². The van der Waals surface area contributed by atoms with Crippen LogP contribution in [0.15, 0.2) is 47.4 Å². The van der Waals surface area contributed by atoms with Crippen molar-refractivity contribution in [2.75, 3.05) is 0 Å². The molecule has 1 amide bonds. The molecule has 0 bridgehead atoms. The van der Waals surface area contributed by atoms with Gasteiger partial charge in [-0.2, -0.15) is 0 Å². The van der Waals surface area contributed by atoms with Gasteiger partial charge in [0.2, 0.25) is 0 Å². The number of nitro benzene ring substituents is 1. The number of carbonyl (C=O) groups excluding carboxylic acids is 1. The van der Waals surface area contributed by atoms with Gasteiger partial charge in [0.05, 0.1) is 20.4 Å². The van der Waals surface area contributed by atoms with E-state index in [4.69, 9.17) is 11.6 Å². The van der Waals surface area contributed by atoms with Crippen LogP contribution in [0, 0.1) is 17.0 Å². The molecule has 2 N–H and O–H groups in total. The van der Waals surface area contributed by atoms with Gasteiger partial charge in [-0.1, -0.05) is 29.8 Å². The maximum absolute atomic E-state index is 12.2. The summed E-state index contributed by atoms with van der Waals surface area (Å²) in [5.41, 5.74) is 2.07. The molecular weight excluding hydrogens is 358 g/mol. The van der Waals surface area contributed by atoms with E-state index in [2.05, 4.69) is 0 Å². The van der Waals surface area contributed by atoms with Gasteiger partial charge in [-0.25, -0.2) is 8.42 Å². The highest BCUT2D eigenvalue weighted by Crippen LogP contribution is 2.22. The summed E-state index contributed by atoms with van der Waals surface area (Å²) >= 11 is 5.85. The van der Waals surface area contributed by atoms with E-state index in [1.165, 1.54) is 31.2 Å². The van der Waals surface area contributed by atoms with Crippen molar-refractivity contribution >= 4 is 33.2 Å². The number of aryl methyl sites for hydroxylation is 1. The standard InChI is InChI=1S/C14H12ClN3O5S/c1-9-6-7-10(8-13(9)18(20)21)24(22,23)17-16-14(19)11-4-2-3-5-12(11)15/h2-8,17H,1H3,(H,16,19). The number of hydrogen-bond acceptors (Lipinski definition) is 5. The molecule has 0 saturated carbocycles. The maximum Gasteiger partial charge on any atom is 0.273 e. The van der Waals surface area contributed by atoms with E-state index in [9.17, 15) is 23.3 Å². The number of hydrazine groups is 1. The van der Waals surface area contributed by atoms with Crippen LogP contribution >= 0.6 is 11.6 Å². The molecule has 0 aliphatic rings. The molecule has 2 rings (SSSR count). The number of carbonyl (C=O) groups is 1. The van der Waals surface area contributed by atoms with Crippen molar-refractivity contribution in [2.45, 2.75) is 11.8 Å². The molecule has 24 heavy (non-hydrogen) atoms. The number of benzene rings is 2. The number of sulfonamides is 1. The SMILES string of the molecule is Cc1ccc(S(=O)(=O)NNC(=O)c2ccccc2Cl)cc1[N+](=O)[O-]. The molecule has 0 aromatic heterocycles. The van der Waals surface area contributed by atoms with E-state index < -0.39 is 20.9 Å². The van der Waals surface area contributed by atoms with Gasteiger partial charge in [-0.05, 0) is 25.1 Å². The molecule has 0 spiro atoms. The average molecular weight is 370 g/mol. The van der Waals surface area contributed by atoms with E-state index in [0.29, 0.717) is 5.56 Å². The highest BCUT2D eigenvalue weighted by atomic mass is 35.5. The minimum atomic E-state index is -4.18. The van der Waals surface area contributed by atoms with Gasteiger partial charge in [0.1, 0.15) is 0 Å². The maximum atomic E-state index is 12.2. The molecule has 0 unspecified atom stereocenters. The zero-order valence-electron chi connectivity index (χ0n) is 12.3. The Morgan fingerprint density at radius 2 is 1.88 bits per heavy atom. The monoisotopic (exact) mass is 369 g/mol. The average Bonchev–Trinajstić information content (AvgIpc) is 2.53. The number of halogens is 1. The van der Waals surface area contributed by atoms with Crippen molar-refractivity contribution in [3.63, 3.8) is 0 Å². The Bertz CT molecular complexity index is 914. The summed E-state index contributed by atoms with van der Waals surface area (Å²) in [7, 11) is -4.18. The second kappa shape index (κ2) is 6.95. The van der Waals surface area contributed by atoms with Gasteiger partial charge in [0, 0.05) is 11.6 Å². The van der Waals surface area contributed by atoms with Crippen LogP contribution in [0.4, 0.5) is 5.69 Å². The van der Waals surface area contributed by atoms with Crippen LogP contribution in [0.2, 0.25) is 5.02 Å². The summed E-state index contributed by atoms with van der Waals surface area (Å²) in [6.45, 7) is 1.49. The quantitative estimate of drug-likeness (QED) is 0.618. The van der Waals surface area contributed by atoms with E-state index in [0.717, 1.165) is 6.07 Å². The van der Waals surface area contributed by atoms with Crippen molar-refractivity contribution < 1.29 is 18.1 Å². The van der Waals surface area contributed by atoms with Crippen LogP contribution in [0.25, 0.3) is 0 Å². The molecule has 10 heteroatoms. The Labute approximate surface area is 142 Å². The van der Waals surface area contributed by atoms with Crippen molar-refractivity contribution in [2.24, 2.45) is 0 Å². The molecule has 0 radical (unpaired) electrons. The predicted molar refractivity (Wildman–Crippen MR) is 87.1 cm³/mol. The number of nitrogens with zero attached hydrogens (tertiary/aromatic N) is 1. The van der Waals surface area contributed by atoms with Crippen molar-refractivity contribution in [3.8, 4) is 0 Å². The number of hydrogen-bond donors (Lipinski definition) is 2. The Hall–Kier alpha value is -2.49. The molecular formula is C14H12ClN3O5S. The molecule has 0 saturated heterocycles. The van der Waals surface area contributed by atoms with Gasteiger partial charge in [-0.15, -0.1) is 4.83 Å². The first-order valence-electron chi connectivity index (χ1n) is 6.54. The van der Waals surface area contributed by atoms with E-state index in [1.807, 2.05) is 10.3 Å². The normalized spacial score (nSPS) is 11.1. The van der Waals surface area contributed by atoms with Crippen LogP contribution in [0.5, 0.6) is 0 Å². The van der Waals surface area contributed by atoms with Crippen molar-refractivity contribution in [1.82, 2.24) is 10.3 Å². The second-order valence-corrected chi connectivity index (χ2v) is 6.83. The van der Waals surface area contributed by atoms with Crippen LogP contribution in [-0.2, 0) is 10.0 Å². The zero-order valence-corrected chi connectivity index (χ0v) is 13.9. The van der Waals surface area contributed by atoms with Gasteiger partial charge in [0.15, 0.2) is 0 Å². The largest absolute Gasteiger partial charge is 0.273 e. The highest BCUT2D eigenvalue weighted by molar-refractivity contribution is 7.89. The first kappa shape index (κ1) is 17.9. The van der Waals surface area contributed by atoms with E-state index >= 15 is 0 Å².